The van der Waals surface area contributed by atoms with Crippen LogP contribution in [-0.2, 0) is 4.79 Å². The maximum absolute atomic E-state index is 11.6. The van der Waals surface area contributed by atoms with Crippen molar-refractivity contribution in [3.05, 3.63) is 22.3 Å². The molecule has 0 spiro atoms. The van der Waals surface area contributed by atoms with Gasteiger partial charge in [0.15, 0.2) is 0 Å². The summed E-state index contributed by atoms with van der Waals surface area (Å²) in [5, 5.41) is 2.93. The van der Waals surface area contributed by atoms with Gasteiger partial charge >= 0.3 is 0 Å². The molecule has 13 heavy (non-hydrogen) atoms. The second kappa shape index (κ2) is 2.71. The molecule has 2 nitrogen and oxygen atoms in total. The van der Waals surface area contributed by atoms with Crippen LogP contribution in [0.15, 0.2) is 22.3 Å². The molecule has 1 aliphatic heterocycles. The van der Waals surface area contributed by atoms with E-state index in [2.05, 4.69) is 27.3 Å². The number of rotatable bonds is 0. The molecule has 0 radical (unpaired) electrons. The zero-order valence-corrected chi connectivity index (χ0v) is 9.31. The Kier molecular flexibility index (Phi) is 1.88. The molecule has 0 aromatic rings. The molecule has 0 bridgehead atoms. The number of allylic oxidation sites excluding steroid dienone is 4. The number of amides is 1. The van der Waals surface area contributed by atoms with E-state index in [1.165, 1.54) is 0 Å². The van der Waals surface area contributed by atoms with Gasteiger partial charge in [0.2, 0.25) is 5.91 Å². The van der Waals surface area contributed by atoms with E-state index in [1.54, 1.807) is 0 Å². The quantitative estimate of drug-likeness (QED) is 0.693. The molecule has 1 amide bonds. The Morgan fingerprint density at radius 2 is 2.31 bits per heavy atom. The van der Waals surface area contributed by atoms with E-state index in [-0.39, 0.29) is 11.3 Å². The average molecular weight is 242 g/mol. The van der Waals surface area contributed by atoms with Gasteiger partial charge in [-0.25, -0.2) is 0 Å². The van der Waals surface area contributed by atoms with E-state index in [4.69, 9.17) is 0 Å². The highest BCUT2D eigenvalue weighted by Crippen LogP contribution is 2.43. The summed E-state index contributed by atoms with van der Waals surface area (Å²) in [6, 6.07) is 0. The van der Waals surface area contributed by atoms with Gasteiger partial charge < -0.3 is 5.32 Å². The summed E-state index contributed by atoms with van der Waals surface area (Å²) >= 11 is 3.42. The lowest BCUT2D eigenvalue weighted by Crippen LogP contribution is -2.28. The van der Waals surface area contributed by atoms with Crippen molar-refractivity contribution in [1.29, 1.82) is 0 Å². The molecule has 1 heterocycles. The van der Waals surface area contributed by atoms with Crippen LogP contribution < -0.4 is 5.32 Å². The van der Waals surface area contributed by atoms with Crippen molar-refractivity contribution in [1.82, 2.24) is 5.32 Å². The number of fused-ring (bicyclic) bond motifs is 1. The Bertz CT molecular complexity index is 328. The molecule has 1 unspecified atom stereocenters. The number of nitrogens with one attached hydrogen (secondary N) is 1. The first-order valence-electron chi connectivity index (χ1n) is 4.40. The third-order valence-electron chi connectivity index (χ3n) is 2.93. The fraction of sp³-hybridized carbons (Fsp3) is 0.500. The molecule has 70 valence electrons. The van der Waals surface area contributed by atoms with Crippen LogP contribution in [0.1, 0.15) is 20.3 Å². The standard InChI is InChI=1S/C10H12BrNO/c1-10(2)7-4-3-6(11)5-8(7)12-9(10)13/h3,5,7H,4H2,1-2H3,(H,12,13). The fourth-order valence-corrected chi connectivity index (χ4v) is 2.36. The Balaban J connectivity index is 2.38. The van der Waals surface area contributed by atoms with E-state index in [0.29, 0.717) is 5.92 Å². The minimum atomic E-state index is -0.254. The molecule has 3 heteroatoms. The van der Waals surface area contributed by atoms with Crippen LogP contribution in [-0.4, -0.2) is 5.91 Å². The number of halogens is 1. The Morgan fingerprint density at radius 1 is 1.62 bits per heavy atom. The van der Waals surface area contributed by atoms with Gasteiger partial charge in [-0.3, -0.25) is 4.79 Å². The van der Waals surface area contributed by atoms with Crippen LogP contribution in [0.5, 0.6) is 0 Å². The van der Waals surface area contributed by atoms with Crippen LogP contribution >= 0.6 is 15.9 Å². The van der Waals surface area contributed by atoms with Gasteiger partial charge in [-0.1, -0.05) is 35.9 Å². The molecule has 1 saturated heterocycles. The Morgan fingerprint density at radius 3 is 3.00 bits per heavy atom. The van der Waals surface area contributed by atoms with Crippen molar-refractivity contribution in [2.75, 3.05) is 0 Å². The molecular weight excluding hydrogens is 230 g/mol. The summed E-state index contributed by atoms with van der Waals surface area (Å²) in [6.45, 7) is 4.00. The van der Waals surface area contributed by atoms with Crippen LogP contribution in [0, 0.1) is 11.3 Å². The molecular formula is C10H12BrNO. The van der Waals surface area contributed by atoms with Gasteiger partial charge in [-0.2, -0.15) is 0 Å². The largest absolute Gasteiger partial charge is 0.329 e. The summed E-state index contributed by atoms with van der Waals surface area (Å²) in [6.07, 6.45) is 5.06. The molecule has 2 aliphatic rings. The fourth-order valence-electron chi connectivity index (χ4n) is 1.92. The smallest absolute Gasteiger partial charge is 0.230 e. The zero-order chi connectivity index (χ0) is 9.64. The summed E-state index contributed by atoms with van der Waals surface area (Å²) in [7, 11) is 0. The summed E-state index contributed by atoms with van der Waals surface area (Å²) in [5.41, 5.74) is 0.806. The van der Waals surface area contributed by atoms with Crippen molar-refractivity contribution < 1.29 is 4.79 Å². The monoisotopic (exact) mass is 241 g/mol. The van der Waals surface area contributed by atoms with Gasteiger partial charge in [0.1, 0.15) is 0 Å². The lowest BCUT2D eigenvalue weighted by molar-refractivity contribution is -0.127. The van der Waals surface area contributed by atoms with Crippen LogP contribution in [0.4, 0.5) is 0 Å². The number of carbonyl (C=O) groups excluding carboxylic acids is 1. The first-order chi connectivity index (χ1) is 6.01. The van der Waals surface area contributed by atoms with Gasteiger partial charge in [0, 0.05) is 16.1 Å². The lowest BCUT2D eigenvalue weighted by Gasteiger charge is -2.24. The molecule has 0 saturated carbocycles. The SMILES string of the molecule is CC1(C)C(=O)NC2=CC(Br)=CCC21. The summed E-state index contributed by atoms with van der Waals surface area (Å²) in [4.78, 5) is 11.6. The molecule has 0 aromatic carbocycles. The van der Waals surface area contributed by atoms with E-state index in [9.17, 15) is 4.79 Å². The van der Waals surface area contributed by atoms with Crippen molar-refractivity contribution in [2.45, 2.75) is 20.3 Å². The highest BCUT2D eigenvalue weighted by atomic mass is 79.9. The number of hydrogen-bond acceptors (Lipinski definition) is 1. The molecule has 1 fully saturated rings. The lowest BCUT2D eigenvalue weighted by atomic mass is 9.77. The summed E-state index contributed by atoms with van der Waals surface area (Å²) in [5.74, 6) is 0.473. The normalized spacial score (nSPS) is 30.4. The van der Waals surface area contributed by atoms with Crippen molar-refractivity contribution in [3.8, 4) is 0 Å². The van der Waals surface area contributed by atoms with Gasteiger partial charge in [0.05, 0.1) is 5.41 Å². The second-order valence-corrected chi connectivity index (χ2v) is 5.07. The zero-order valence-electron chi connectivity index (χ0n) is 7.73. The first kappa shape index (κ1) is 9.00. The Hall–Kier alpha value is -0.570. The Labute approximate surface area is 86.2 Å². The third-order valence-corrected chi connectivity index (χ3v) is 3.48. The highest BCUT2D eigenvalue weighted by Gasteiger charge is 2.45. The third kappa shape index (κ3) is 1.26. The predicted molar refractivity (Wildman–Crippen MR) is 55.1 cm³/mol. The predicted octanol–water partition coefficient (Wildman–Crippen LogP) is 2.33. The highest BCUT2D eigenvalue weighted by molar-refractivity contribution is 9.11. The van der Waals surface area contributed by atoms with Crippen molar-refractivity contribution in [3.63, 3.8) is 0 Å². The minimum Gasteiger partial charge on any atom is -0.329 e. The maximum atomic E-state index is 11.6. The molecule has 1 N–H and O–H groups in total. The van der Waals surface area contributed by atoms with E-state index >= 15 is 0 Å². The van der Waals surface area contributed by atoms with Gasteiger partial charge in [-0.15, -0.1) is 0 Å². The van der Waals surface area contributed by atoms with Gasteiger partial charge in [0.25, 0.3) is 0 Å². The minimum absolute atomic E-state index is 0.138. The second-order valence-electron chi connectivity index (χ2n) is 4.15. The maximum Gasteiger partial charge on any atom is 0.230 e. The van der Waals surface area contributed by atoms with Gasteiger partial charge in [-0.05, 0) is 12.5 Å². The van der Waals surface area contributed by atoms with Crippen LogP contribution in [0.25, 0.3) is 0 Å². The summed E-state index contributed by atoms with van der Waals surface area (Å²) < 4.78 is 1.07. The molecule has 0 aromatic heterocycles. The topological polar surface area (TPSA) is 29.1 Å². The van der Waals surface area contributed by atoms with E-state index in [1.807, 2.05) is 19.9 Å². The molecule has 1 aliphatic carbocycles. The number of hydrogen-bond donors (Lipinski definition) is 1. The first-order valence-corrected chi connectivity index (χ1v) is 5.20. The molecule has 2 rings (SSSR count). The molecule has 1 atom stereocenters. The van der Waals surface area contributed by atoms with E-state index < -0.39 is 0 Å². The van der Waals surface area contributed by atoms with Crippen molar-refractivity contribution >= 4 is 21.8 Å². The average Bonchev–Trinajstić information content (AvgIpc) is 2.23. The van der Waals surface area contributed by atoms with Crippen molar-refractivity contribution in [2.24, 2.45) is 11.3 Å². The van der Waals surface area contributed by atoms with E-state index in [0.717, 1.165) is 16.6 Å². The number of carbonyl (C=O) groups is 1. The van der Waals surface area contributed by atoms with Crippen LogP contribution in [0.3, 0.4) is 0 Å². The van der Waals surface area contributed by atoms with Crippen LogP contribution in [0.2, 0.25) is 0 Å².